The fourth-order valence-electron chi connectivity index (χ4n) is 1.32. The zero-order chi connectivity index (χ0) is 14.3. The Morgan fingerprint density at radius 1 is 1.32 bits per heavy atom. The molecule has 0 aliphatic rings. The lowest BCUT2D eigenvalue weighted by Gasteiger charge is -2.10. The van der Waals surface area contributed by atoms with Crippen LogP contribution in [-0.2, 0) is 10.0 Å². The van der Waals surface area contributed by atoms with Gasteiger partial charge in [-0.05, 0) is 12.1 Å². The second-order valence-corrected chi connectivity index (χ2v) is 5.20. The zero-order valence-corrected chi connectivity index (χ0v) is 9.84. The van der Waals surface area contributed by atoms with Gasteiger partial charge in [0.2, 0.25) is 0 Å². The Labute approximate surface area is 104 Å². The van der Waals surface area contributed by atoms with Crippen LogP contribution in [0.5, 0.6) is 0 Å². The van der Waals surface area contributed by atoms with E-state index in [1.807, 2.05) is 0 Å². The Bertz CT molecular complexity index is 782. The molecule has 0 atom stereocenters. The first kappa shape index (κ1) is 13.3. The molecule has 2 rings (SSSR count). The number of aromatic nitrogens is 2. The highest BCUT2D eigenvalue weighted by molar-refractivity contribution is 7.93. The molecular formula is C9H6F3N3O3S. The normalized spacial score (nSPS) is 12.6. The first-order chi connectivity index (χ1) is 8.71. The van der Waals surface area contributed by atoms with Gasteiger partial charge in [0.15, 0.2) is 0 Å². The van der Waals surface area contributed by atoms with E-state index >= 15 is 0 Å². The topological polar surface area (TPSA) is 91.9 Å². The maximum atomic E-state index is 12.2. The molecule has 2 aromatic rings. The van der Waals surface area contributed by atoms with Crippen LogP contribution in [0, 0.1) is 0 Å². The van der Waals surface area contributed by atoms with Gasteiger partial charge in [0.05, 0.1) is 11.7 Å². The summed E-state index contributed by atoms with van der Waals surface area (Å²) >= 11 is 0. The van der Waals surface area contributed by atoms with Crippen LogP contribution in [0.15, 0.2) is 29.3 Å². The minimum Gasteiger partial charge on any atom is -0.319 e. The van der Waals surface area contributed by atoms with Crippen LogP contribution in [0.3, 0.4) is 0 Å². The van der Waals surface area contributed by atoms with Gasteiger partial charge in [0.1, 0.15) is 5.69 Å². The number of pyridine rings is 2. The van der Waals surface area contributed by atoms with Crippen LogP contribution in [-0.4, -0.2) is 23.9 Å². The summed E-state index contributed by atoms with van der Waals surface area (Å²) < 4.78 is 59.6. The zero-order valence-electron chi connectivity index (χ0n) is 9.02. The molecule has 10 heteroatoms. The van der Waals surface area contributed by atoms with Gasteiger partial charge >= 0.3 is 15.5 Å². The van der Waals surface area contributed by atoms with Crippen molar-refractivity contribution in [3.63, 3.8) is 0 Å². The molecule has 0 amide bonds. The number of rotatable bonds is 2. The maximum absolute atomic E-state index is 12.2. The molecule has 2 aromatic heterocycles. The molecule has 6 nitrogen and oxygen atoms in total. The minimum atomic E-state index is -5.63. The third-order valence-electron chi connectivity index (χ3n) is 2.20. The molecule has 0 bridgehead atoms. The molecule has 0 aromatic carbocycles. The van der Waals surface area contributed by atoms with E-state index in [4.69, 9.17) is 0 Å². The first-order valence-electron chi connectivity index (χ1n) is 4.77. The molecule has 0 spiro atoms. The molecule has 102 valence electrons. The SMILES string of the molecule is O=c1[nH]c2cnccc2cc1NS(=O)(=O)C(F)(F)F. The van der Waals surface area contributed by atoms with E-state index in [9.17, 15) is 26.4 Å². The fraction of sp³-hybridized carbons (Fsp3) is 0.111. The molecule has 0 saturated heterocycles. The number of anilines is 1. The van der Waals surface area contributed by atoms with E-state index < -0.39 is 26.8 Å². The second-order valence-electron chi connectivity index (χ2n) is 3.53. The van der Waals surface area contributed by atoms with Crippen molar-refractivity contribution < 1.29 is 21.6 Å². The van der Waals surface area contributed by atoms with Gasteiger partial charge in [0.25, 0.3) is 5.56 Å². The van der Waals surface area contributed by atoms with Gasteiger partial charge in [-0.15, -0.1) is 0 Å². The Hall–Kier alpha value is -2.10. The van der Waals surface area contributed by atoms with Gasteiger partial charge < -0.3 is 4.98 Å². The number of hydrogen-bond acceptors (Lipinski definition) is 4. The van der Waals surface area contributed by atoms with Crippen molar-refractivity contribution in [2.75, 3.05) is 4.72 Å². The summed E-state index contributed by atoms with van der Waals surface area (Å²) in [6.45, 7) is 0. The molecule has 19 heavy (non-hydrogen) atoms. The molecule has 0 radical (unpaired) electrons. The molecule has 2 N–H and O–H groups in total. The number of halogens is 3. The van der Waals surface area contributed by atoms with Crippen LogP contribution < -0.4 is 10.3 Å². The first-order valence-corrected chi connectivity index (χ1v) is 6.25. The summed E-state index contributed by atoms with van der Waals surface area (Å²) in [5.41, 5.74) is -6.92. The lowest BCUT2D eigenvalue weighted by Crippen LogP contribution is -2.32. The molecular weight excluding hydrogens is 287 g/mol. The van der Waals surface area contributed by atoms with Crippen molar-refractivity contribution in [1.29, 1.82) is 0 Å². The van der Waals surface area contributed by atoms with Gasteiger partial charge in [-0.25, -0.2) is 0 Å². The smallest absolute Gasteiger partial charge is 0.319 e. The van der Waals surface area contributed by atoms with E-state index in [0.717, 1.165) is 6.07 Å². The van der Waals surface area contributed by atoms with Gasteiger partial charge in [0, 0.05) is 11.6 Å². The Morgan fingerprint density at radius 2 is 2.00 bits per heavy atom. The predicted molar refractivity (Wildman–Crippen MR) is 61.0 cm³/mol. The number of nitrogens with zero attached hydrogens (tertiary/aromatic N) is 1. The number of fused-ring (bicyclic) bond motifs is 1. The number of H-pyrrole nitrogens is 1. The molecule has 0 saturated carbocycles. The van der Waals surface area contributed by atoms with Crippen molar-refractivity contribution >= 4 is 26.6 Å². The summed E-state index contributed by atoms with van der Waals surface area (Å²) in [6, 6.07) is 2.41. The number of sulfonamides is 1. The Morgan fingerprint density at radius 3 is 2.63 bits per heavy atom. The molecule has 0 aliphatic heterocycles. The highest BCUT2D eigenvalue weighted by atomic mass is 32.2. The van der Waals surface area contributed by atoms with Crippen LogP contribution in [0.25, 0.3) is 10.9 Å². The van der Waals surface area contributed by atoms with Crippen LogP contribution >= 0.6 is 0 Å². The molecule has 0 fully saturated rings. The van der Waals surface area contributed by atoms with Crippen molar-refractivity contribution in [1.82, 2.24) is 9.97 Å². The lowest BCUT2D eigenvalue weighted by molar-refractivity contribution is -0.0429. The summed E-state index contributed by atoms with van der Waals surface area (Å²) in [4.78, 5) is 17.4. The average Bonchev–Trinajstić information content (AvgIpc) is 2.28. The van der Waals surface area contributed by atoms with Gasteiger partial charge in [-0.1, -0.05) is 0 Å². The maximum Gasteiger partial charge on any atom is 0.516 e. The molecule has 0 aliphatic carbocycles. The average molecular weight is 293 g/mol. The second kappa shape index (κ2) is 4.23. The highest BCUT2D eigenvalue weighted by Gasteiger charge is 2.46. The lowest BCUT2D eigenvalue weighted by atomic mass is 10.2. The monoisotopic (exact) mass is 293 g/mol. The van der Waals surface area contributed by atoms with E-state index in [-0.39, 0.29) is 5.52 Å². The standard InChI is InChI=1S/C9H6F3N3O3S/c10-9(11,12)19(17,18)15-6-3-5-1-2-13-4-7(5)14-8(6)16/h1-4,15H,(H,14,16). The Balaban J connectivity index is 2.53. The van der Waals surface area contributed by atoms with Gasteiger partial charge in [-0.3, -0.25) is 14.5 Å². The van der Waals surface area contributed by atoms with Crippen LogP contribution in [0.4, 0.5) is 18.9 Å². The minimum absolute atomic E-state index is 0.280. The number of hydrogen-bond donors (Lipinski definition) is 2. The summed E-state index contributed by atoms with van der Waals surface area (Å²) in [5.74, 6) is 0. The predicted octanol–water partition coefficient (Wildman–Crippen LogP) is 1.18. The third-order valence-corrected chi connectivity index (χ3v) is 3.29. The van der Waals surface area contributed by atoms with Crippen molar-refractivity contribution in [2.24, 2.45) is 0 Å². The van der Waals surface area contributed by atoms with E-state index in [1.54, 1.807) is 0 Å². The quantitative estimate of drug-likeness (QED) is 0.869. The van der Waals surface area contributed by atoms with Crippen molar-refractivity contribution in [3.05, 3.63) is 34.9 Å². The fourth-order valence-corrected chi connectivity index (χ4v) is 1.88. The third kappa shape index (κ3) is 2.52. The number of nitrogens with one attached hydrogen (secondary N) is 2. The van der Waals surface area contributed by atoms with Gasteiger partial charge in [-0.2, -0.15) is 21.6 Å². The summed E-state index contributed by atoms with van der Waals surface area (Å²) in [7, 11) is -5.63. The van der Waals surface area contributed by atoms with Crippen molar-refractivity contribution in [2.45, 2.75) is 5.51 Å². The summed E-state index contributed by atoms with van der Waals surface area (Å²) in [6.07, 6.45) is 2.64. The largest absolute Gasteiger partial charge is 0.516 e. The van der Waals surface area contributed by atoms with Crippen LogP contribution in [0.2, 0.25) is 0 Å². The van der Waals surface area contributed by atoms with E-state index in [1.165, 1.54) is 23.2 Å². The number of aromatic amines is 1. The van der Waals surface area contributed by atoms with E-state index in [0.29, 0.717) is 5.39 Å². The molecule has 0 unspecified atom stereocenters. The van der Waals surface area contributed by atoms with E-state index in [2.05, 4.69) is 9.97 Å². The molecule has 2 heterocycles. The van der Waals surface area contributed by atoms with Crippen molar-refractivity contribution in [3.8, 4) is 0 Å². The number of alkyl halides is 3. The van der Waals surface area contributed by atoms with Crippen LogP contribution in [0.1, 0.15) is 0 Å². The Kier molecular flexibility index (Phi) is 2.97. The highest BCUT2D eigenvalue weighted by Crippen LogP contribution is 2.24. The summed E-state index contributed by atoms with van der Waals surface area (Å²) in [5, 5.41) is 0.342.